The zero-order valence-electron chi connectivity index (χ0n) is 17.2. The molecule has 0 bridgehead atoms. The molecule has 1 aromatic heterocycles. The molecular formula is C21H28N4O2S. The minimum Gasteiger partial charge on any atom is -0.347 e. The van der Waals surface area contributed by atoms with E-state index in [0.29, 0.717) is 5.13 Å². The third-order valence-electron chi connectivity index (χ3n) is 5.30. The molecule has 1 aliphatic heterocycles. The number of likely N-dealkylation sites (tertiary alicyclic amines) is 1. The summed E-state index contributed by atoms with van der Waals surface area (Å²) in [5.74, 6) is -0.0665. The van der Waals surface area contributed by atoms with Crippen molar-refractivity contribution in [1.29, 1.82) is 0 Å². The van der Waals surface area contributed by atoms with Gasteiger partial charge in [0, 0.05) is 25.0 Å². The molecule has 2 aromatic rings. The fourth-order valence-corrected chi connectivity index (χ4v) is 4.35. The molecule has 150 valence electrons. The Kier molecular flexibility index (Phi) is 6.15. The maximum Gasteiger partial charge on any atom is 0.240 e. The normalized spacial score (nSPS) is 17.0. The minimum atomic E-state index is -0.203. The van der Waals surface area contributed by atoms with Crippen molar-refractivity contribution in [2.45, 2.75) is 39.7 Å². The second-order valence-electron chi connectivity index (χ2n) is 7.70. The lowest BCUT2D eigenvalue weighted by atomic mass is 9.99. The van der Waals surface area contributed by atoms with Crippen LogP contribution in [-0.4, -0.2) is 59.8 Å². The minimum absolute atomic E-state index is 0.0621. The predicted octanol–water partition coefficient (Wildman–Crippen LogP) is 3.23. The van der Waals surface area contributed by atoms with Crippen LogP contribution < -0.4 is 5.32 Å². The number of amides is 2. The first-order valence-corrected chi connectivity index (χ1v) is 10.4. The number of aromatic nitrogens is 1. The van der Waals surface area contributed by atoms with Crippen LogP contribution in [0.3, 0.4) is 0 Å². The fourth-order valence-electron chi connectivity index (χ4n) is 3.63. The highest BCUT2D eigenvalue weighted by Gasteiger charge is 2.32. The van der Waals surface area contributed by atoms with Crippen molar-refractivity contribution < 1.29 is 9.59 Å². The van der Waals surface area contributed by atoms with Crippen molar-refractivity contribution in [1.82, 2.24) is 14.8 Å². The van der Waals surface area contributed by atoms with Gasteiger partial charge in [-0.2, -0.15) is 0 Å². The Morgan fingerprint density at radius 1 is 1.21 bits per heavy atom. The van der Waals surface area contributed by atoms with Gasteiger partial charge in [0.1, 0.15) is 0 Å². The van der Waals surface area contributed by atoms with E-state index in [1.165, 1.54) is 28.0 Å². The average molecular weight is 401 g/mol. The van der Waals surface area contributed by atoms with Crippen molar-refractivity contribution in [3.8, 4) is 11.3 Å². The number of anilines is 1. The maximum absolute atomic E-state index is 12.5. The molecule has 1 aromatic carbocycles. The van der Waals surface area contributed by atoms with Gasteiger partial charge in [0.15, 0.2) is 5.13 Å². The van der Waals surface area contributed by atoms with E-state index < -0.39 is 0 Å². The summed E-state index contributed by atoms with van der Waals surface area (Å²) in [6, 6.07) is 4.11. The van der Waals surface area contributed by atoms with E-state index in [2.05, 4.69) is 43.2 Å². The zero-order chi connectivity index (χ0) is 20.4. The summed E-state index contributed by atoms with van der Waals surface area (Å²) in [4.78, 5) is 32.9. The number of nitrogens with zero attached hydrogens (tertiary/aromatic N) is 3. The first-order valence-electron chi connectivity index (χ1n) is 9.55. The van der Waals surface area contributed by atoms with Crippen LogP contribution in [-0.2, 0) is 9.59 Å². The number of carbonyl (C=O) groups excluding carboxylic acids is 2. The monoisotopic (exact) mass is 400 g/mol. The number of nitrogens with one attached hydrogen (secondary N) is 1. The molecule has 6 nitrogen and oxygen atoms in total. The van der Waals surface area contributed by atoms with Gasteiger partial charge in [-0.25, -0.2) is 4.98 Å². The van der Waals surface area contributed by atoms with Crippen LogP contribution in [0.1, 0.15) is 29.5 Å². The standard InChI is InChI=1S/C21H28N4O2S/c1-13-9-15(3)16(10-14(13)2)17-12-28-21(22-17)23-19(26)11-25-8-6-7-18(25)20(27)24(4)5/h9-10,12,18H,6-8,11H2,1-5H3,(H,22,23,26). The highest BCUT2D eigenvalue weighted by Crippen LogP contribution is 2.29. The number of thiazole rings is 1. The molecular weight excluding hydrogens is 372 g/mol. The molecule has 1 unspecified atom stereocenters. The van der Waals surface area contributed by atoms with Gasteiger partial charge >= 0.3 is 0 Å². The van der Waals surface area contributed by atoms with E-state index in [4.69, 9.17) is 0 Å². The molecule has 7 heteroatoms. The van der Waals surface area contributed by atoms with E-state index in [-0.39, 0.29) is 24.4 Å². The Balaban J connectivity index is 1.66. The van der Waals surface area contributed by atoms with Gasteiger partial charge in [-0.05, 0) is 62.9 Å². The Bertz CT molecular complexity index is 891. The highest BCUT2D eigenvalue weighted by atomic mass is 32.1. The number of aryl methyl sites for hydroxylation is 3. The van der Waals surface area contributed by atoms with Gasteiger partial charge in [-0.1, -0.05) is 6.07 Å². The van der Waals surface area contributed by atoms with Gasteiger partial charge in [-0.15, -0.1) is 11.3 Å². The van der Waals surface area contributed by atoms with Crippen LogP contribution >= 0.6 is 11.3 Å². The van der Waals surface area contributed by atoms with Crippen LogP contribution in [0.25, 0.3) is 11.3 Å². The highest BCUT2D eigenvalue weighted by molar-refractivity contribution is 7.14. The number of likely N-dealkylation sites (N-methyl/N-ethyl adjacent to an activating group) is 1. The fraction of sp³-hybridized carbons (Fsp3) is 0.476. The second kappa shape index (κ2) is 8.41. The topological polar surface area (TPSA) is 65.5 Å². The molecule has 1 saturated heterocycles. The molecule has 2 amide bonds. The lowest BCUT2D eigenvalue weighted by molar-refractivity contribution is -0.133. The number of hydrogen-bond acceptors (Lipinski definition) is 5. The Hall–Kier alpha value is -2.25. The molecule has 1 fully saturated rings. The predicted molar refractivity (Wildman–Crippen MR) is 114 cm³/mol. The van der Waals surface area contributed by atoms with Crippen molar-refractivity contribution in [3.63, 3.8) is 0 Å². The van der Waals surface area contributed by atoms with E-state index in [1.54, 1.807) is 19.0 Å². The molecule has 0 spiro atoms. The molecule has 0 aliphatic carbocycles. The van der Waals surface area contributed by atoms with Gasteiger partial charge in [-0.3, -0.25) is 14.5 Å². The summed E-state index contributed by atoms with van der Waals surface area (Å²) in [5.41, 5.74) is 5.63. The summed E-state index contributed by atoms with van der Waals surface area (Å²) >= 11 is 1.42. The van der Waals surface area contributed by atoms with Gasteiger partial charge in [0.2, 0.25) is 11.8 Å². The molecule has 1 N–H and O–H groups in total. The summed E-state index contributed by atoms with van der Waals surface area (Å²) in [5, 5.41) is 5.46. The SMILES string of the molecule is Cc1cc(C)c(-c2csc(NC(=O)CN3CCCC3C(=O)N(C)C)n2)cc1C. The lowest BCUT2D eigenvalue weighted by Gasteiger charge is -2.25. The molecule has 3 rings (SSSR count). The van der Waals surface area contributed by atoms with Crippen LogP contribution in [0.4, 0.5) is 5.13 Å². The Morgan fingerprint density at radius 2 is 1.93 bits per heavy atom. The van der Waals surface area contributed by atoms with E-state index >= 15 is 0 Å². The van der Waals surface area contributed by atoms with Crippen LogP contribution in [0.5, 0.6) is 0 Å². The van der Waals surface area contributed by atoms with E-state index in [0.717, 1.165) is 30.6 Å². The first kappa shape index (κ1) is 20.5. The smallest absolute Gasteiger partial charge is 0.240 e. The lowest BCUT2D eigenvalue weighted by Crippen LogP contribution is -2.45. The molecule has 28 heavy (non-hydrogen) atoms. The Labute approximate surface area is 170 Å². The van der Waals surface area contributed by atoms with Crippen LogP contribution in [0.2, 0.25) is 0 Å². The van der Waals surface area contributed by atoms with Crippen molar-refractivity contribution in [2.75, 3.05) is 32.5 Å². The summed E-state index contributed by atoms with van der Waals surface area (Å²) in [7, 11) is 3.51. The van der Waals surface area contributed by atoms with Crippen molar-refractivity contribution >= 4 is 28.3 Å². The molecule has 2 heterocycles. The van der Waals surface area contributed by atoms with Crippen molar-refractivity contribution in [3.05, 3.63) is 34.2 Å². The Morgan fingerprint density at radius 3 is 2.64 bits per heavy atom. The number of benzene rings is 1. The number of hydrogen-bond donors (Lipinski definition) is 1. The van der Waals surface area contributed by atoms with E-state index in [9.17, 15) is 9.59 Å². The maximum atomic E-state index is 12.5. The molecule has 1 atom stereocenters. The number of carbonyl (C=O) groups is 2. The van der Waals surface area contributed by atoms with E-state index in [1.807, 2.05) is 10.3 Å². The van der Waals surface area contributed by atoms with Gasteiger partial charge < -0.3 is 10.2 Å². The largest absolute Gasteiger partial charge is 0.347 e. The second-order valence-corrected chi connectivity index (χ2v) is 8.56. The summed E-state index contributed by atoms with van der Waals surface area (Å²) in [6.07, 6.45) is 1.74. The average Bonchev–Trinajstić information content (AvgIpc) is 3.27. The first-order chi connectivity index (χ1) is 13.3. The summed E-state index contributed by atoms with van der Waals surface area (Å²) < 4.78 is 0. The third-order valence-corrected chi connectivity index (χ3v) is 6.06. The molecule has 0 radical (unpaired) electrons. The third kappa shape index (κ3) is 4.42. The molecule has 0 saturated carbocycles. The van der Waals surface area contributed by atoms with Crippen LogP contribution in [0, 0.1) is 20.8 Å². The van der Waals surface area contributed by atoms with Gasteiger partial charge in [0.05, 0.1) is 18.3 Å². The number of rotatable bonds is 5. The quantitative estimate of drug-likeness (QED) is 0.837. The zero-order valence-corrected chi connectivity index (χ0v) is 18.0. The van der Waals surface area contributed by atoms with Crippen LogP contribution in [0.15, 0.2) is 17.5 Å². The van der Waals surface area contributed by atoms with Crippen molar-refractivity contribution in [2.24, 2.45) is 0 Å². The van der Waals surface area contributed by atoms with Gasteiger partial charge in [0.25, 0.3) is 0 Å². The summed E-state index contributed by atoms with van der Waals surface area (Å²) in [6.45, 7) is 7.25. The molecule has 1 aliphatic rings.